The Bertz CT molecular complexity index is 1410. The van der Waals surface area contributed by atoms with Crippen molar-refractivity contribution >= 4 is 32.8 Å². The molecule has 36 heavy (non-hydrogen) atoms. The van der Waals surface area contributed by atoms with Gasteiger partial charge in [0.2, 0.25) is 15.9 Å². The lowest BCUT2D eigenvalue weighted by Gasteiger charge is -2.30. The second-order valence-electron chi connectivity index (χ2n) is 10.2. The van der Waals surface area contributed by atoms with Gasteiger partial charge in [0, 0.05) is 37.1 Å². The first-order valence-corrected chi connectivity index (χ1v) is 13.7. The Balaban J connectivity index is 1.78. The lowest BCUT2D eigenvalue weighted by Crippen LogP contribution is -2.42. The molecule has 0 radical (unpaired) electrons. The van der Waals surface area contributed by atoms with Crippen LogP contribution in [0.4, 0.5) is 10.6 Å². The average molecular weight is 513 g/mol. The number of fused-ring (bicyclic) bond motifs is 1. The molecule has 2 aliphatic heterocycles. The SMILES string of the molecule is COc1nc(N2CCCC2)c(-c2cc3ccccc3n2C(=O)OC(C)(C)C)cc1S(=O)(=O)N1CCC1. The Morgan fingerprint density at radius 2 is 1.69 bits per heavy atom. The monoisotopic (exact) mass is 512 g/mol. The molecule has 4 heterocycles. The van der Waals surface area contributed by atoms with Crippen LogP contribution in [-0.2, 0) is 14.8 Å². The normalized spacial score (nSPS) is 16.8. The number of carbonyl (C=O) groups is 1. The van der Waals surface area contributed by atoms with Crippen LogP contribution < -0.4 is 9.64 Å². The molecule has 0 unspecified atom stereocenters. The van der Waals surface area contributed by atoms with Gasteiger partial charge < -0.3 is 14.4 Å². The molecule has 2 saturated heterocycles. The third-order valence-corrected chi connectivity index (χ3v) is 8.42. The number of benzene rings is 1. The van der Waals surface area contributed by atoms with Gasteiger partial charge in [0.05, 0.1) is 18.3 Å². The van der Waals surface area contributed by atoms with Crippen LogP contribution in [0.1, 0.15) is 40.0 Å². The van der Waals surface area contributed by atoms with Gasteiger partial charge in [-0.05, 0) is 58.2 Å². The fourth-order valence-corrected chi connectivity index (χ4v) is 6.32. The predicted molar refractivity (Wildman–Crippen MR) is 138 cm³/mol. The van der Waals surface area contributed by atoms with Gasteiger partial charge in [-0.3, -0.25) is 0 Å². The summed E-state index contributed by atoms with van der Waals surface area (Å²) in [6, 6.07) is 11.0. The average Bonchev–Trinajstić information content (AvgIpc) is 3.43. The van der Waals surface area contributed by atoms with Gasteiger partial charge in [0.25, 0.3) is 0 Å². The van der Waals surface area contributed by atoms with Gasteiger partial charge in [-0.15, -0.1) is 0 Å². The van der Waals surface area contributed by atoms with E-state index < -0.39 is 21.7 Å². The van der Waals surface area contributed by atoms with E-state index in [1.165, 1.54) is 16.0 Å². The number of para-hydroxylation sites is 1. The molecule has 3 aromatic rings. The zero-order chi connectivity index (χ0) is 25.7. The highest BCUT2D eigenvalue weighted by molar-refractivity contribution is 7.89. The lowest BCUT2D eigenvalue weighted by atomic mass is 10.1. The molecule has 0 atom stereocenters. The molecule has 0 saturated carbocycles. The molecule has 0 aliphatic carbocycles. The second kappa shape index (κ2) is 9.08. The van der Waals surface area contributed by atoms with Crippen LogP contribution in [0.3, 0.4) is 0 Å². The maximum Gasteiger partial charge on any atom is 0.419 e. The number of carbonyl (C=O) groups excluding carboxylic acids is 1. The van der Waals surface area contributed by atoms with Gasteiger partial charge in [-0.2, -0.15) is 9.29 Å². The van der Waals surface area contributed by atoms with Crippen LogP contribution in [-0.4, -0.2) is 67.3 Å². The van der Waals surface area contributed by atoms with Gasteiger partial charge in [-0.1, -0.05) is 18.2 Å². The maximum absolute atomic E-state index is 13.5. The van der Waals surface area contributed by atoms with Gasteiger partial charge in [0.1, 0.15) is 16.3 Å². The fourth-order valence-electron chi connectivity index (χ4n) is 4.68. The van der Waals surface area contributed by atoms with E-state index >= 15 is 0 Å². The van der Waals surface area contributed by atoms with Crippen LogP contribution in [0.5, 0.6) is 5.88 Å². The van der Waals surface area contributed by atoms with Crippen LogP contribution in [0, 0.1) is 0 Å². The van der Waals surface area contributed by atoms with Gasteiger partial charge in [-0.25, -0.2) is 17.8 Å². The van der Waals surface area contributed by atoms with Gasteiger partial charge in [0.15, 0.2) is 0 Å². The zero-order valence-corrected chi connectivity index (χ0v) is 22.0. The fraction of sp³-hybridized carbons (Fsp3) is 0.462. The van der Waals surface area contributed by atoms with Crippen LogP contribution in [0.15, 0.2) is 41.3 Å². The van der Waals surface area contributed by atoms with Crippen molar-refractivity contribution < 1.29 is 22.7 Å². The van der Waals surface area contributed by atoms with Crippen LogP contribution in [0.2, 0.25) is 0 Å². The highest BCUT2D eigenvalue weighted by atomic mass is 32.2. The smallest absolute Gasteiger partial charge is 0.419 e. The summed E-state index contributed by atoms with van der Waals surface area (Å²) in [6.45, 7) is 7.96. The number of hydrogen-bond acceptors (Lipinski definition) is 7. The topological polar surface area (TPSA) is 94.0 Å². The number of pyridine rings is 1. The standard InChI is InChI=1S/C26H32N4O5S/c1-26(2,3)35-25(31)30-20-11-6-5-10-18(20)16-21(30)19-17-22(36(32,33)29-14-9-15-29)24(34-4)27-23(19)28-12-7-8-13-28/h5-6,10-11,16-17H,7-9,12-15H2,1-4H3. The molecule has 192 valence electrons. The summed E-state index contributed by atoms with van der Waals surface area (Å²) in [5.41, 5.74) is 1.06. The molecule has 5 rings (SSSR count). The molecule has 0 bridgehead atoms. The summed E-state index contributed by atoms with van der Waals surface area (Å²) in [7, 11) is -2.37. The van der Waals surface area contributed by atoms with E-state index in [0.29, 0.717) is 35.7 Å². The first-order valence-electron chi connectivity index (χ1n) is 12.3. The quantitative estimate of drug-likeness (QED) is 0.497. The van der Waals surface area contributed by atoms with E-state index in [0.717, 1.165) is 37.7 Å². The zero-order valence-electron chi connectivity index (χ0n) is 21.2. The van der Waals surface area contributed by atoms with Crippen molar-refractivity contribution in [3.8, 4) is 17.1 Å². The Labute approximate surface area is 211 Å². The molecule has 2 aliphatic rings. The summed E-state index contributed by atoms with van der Waals surface area (Å²) in [5.74, 6) is 0.659. The van der Waals surface area contributed by atoms with E-state index in [1.807, 2.05) is 51.1 Å². The first kappa shape index (κ1) is 24.6. The first-order chi connectivity index (χ1) is 17.1. The van der Waals surface area contributed by atoms with Crippen molar-refractivity contribution in [2.24, 2.45) is 0 Å². The molecular formula is C26H32N4O5S. The molecule has 0 N–H and O–H groups in total. The van der Waals surface area contributed by atoms with Crippen molar-refractivity contribution in [3.63, 3.8) is 0 Å². The molecule has 0 spiro atoms. The Morgan fingerprint density at radius 1 is 1.00 bits per heavy atom. The Hall–Kier alpha value is -3.11. The highest BCUT2D eigenvalue weighted by Crippen LogP contribution is 2.40. The molecule has 9 nitrogen and oxygen atoms in total. The summed E-state index contributed by atoms with van der Waals surface area (Å²) < 4.78 is 41.2. The highest BCUT2D eigenvalue weighted by Gasteiger charge is 2.35. The van der Waals surface area contributed by atoms with E-state index in [-0.39, 0.29) is 10.8 Å². The van der Waals surface area contributed by atoms with E-state index in [1.54, 1.807) is 6.07 Å². The maximum atomic E-state index is 13.5. The van der Waals surface area contributed by atoms with Crippen molar-refractivity contribution in [2.45, 2.75) is 50.5 Å². The van der Waals surface area contributed by atoms with Crippen molar-refractivity contribution in [2.75, 3.05) is 38.2 Å². The lowest BCUT2D eigenvalue weighted by molar-refractivity contribution is 0.0547. The molecule has 1 aromatic carbocycles. The number of hydrogen-bond donors (Lipinski definition) is 0. The van der Waals surface area contributed by atoms with Crippen molar-refractivity contribution in [1.82, 2.24) is 13.9 Å². The minimum Gasteiger partial charge on any atom is -0.480 e. The molecule has 0 amide bonds. The molecule has 2 fully saturated rings. The van der Waals surface area contributed by atoms with Crippen molar-refractivity contribution in [3.05, 3.63) is 36.4 Å². The number of aromatic nitrogens is 2. The van der Waals surface area contributed by atoms with E-state index in [2.05, 4.69) is 4.90 Å². The minimum atomic E-state index is -3.81. The van der Waals surface area contributed by atoms with Crippen LogP contribution >= 0.6 is 0 Å². The minimum absolute atomic E-state index is 0.00337. The molecule has 10 heteroatoms. The van der Waals surface area contributed by atoms with E-state index in [4.69, 9.17) is 14.5 Å². The summed E-state index contributed by atoms with van der Waals surface area (Å²) in [4.78, 5) is 20.3. The number of anilines is 1. The number of nitrogens with zero attached hydrogens (tertiary/aromatic N) is 4. The van der Waals surface area contributed by atoms with Gasteiger partial charge >= 0.3 is 6.09 Å². The molecule has 2 aromatic heterocycles. The third kappa shape index (κ3) is 4.32. The summed E-state index contributed by atoms with van der Waals surface area (Å²) in [5, 5.41) is 0.841. The van der Waals surface area contributed by atoms with E-state index in [9.17, 15) is 13.2 Å². The predicted octanol–water partition coefficient (Wildman–Crippen LogP) is 4.49. The Morgan fingerprint density at radius 3 is 2.31 bits per heavy atom. The number of ether oxygens (including phenoxy) is 2. The summed E-state index contributed by atoms with van der Waals surface area (Å²) >= 11 is 0. The molecular weight excluding hydrogens is 480 g/mol. The van der Waals surface area contributed by atoms with Crippen LogP contribution in [0.25, 0.3) is 22.2 Å². The largest absolute Gasteiger partial charge is 0.480 e. The summed E-state index contributed by atoms with van der Waals surface area (Å²) in [6.07, 6.45) is 2.30. The Kier molecular flexibility index (Phi) is 6.20. The second-order valence-corrected chi connectivity index (χ2v) is 12.1. The number of rotatable bonds is 5. The van der Waals surface area contributed by atoms with Crippen molar-refractivity contribution in [1.29, 1.82) is 0 Å². The third-order valence-electron chi connectivity index (χ3n) is 6.53. The number of methoxy groups -OCH3 is 1. The number of sulfonamides is 1.